The van der Waals surface area contributed by atoms with Crippen LogP contribution in [0.1, 0.15) is 26.3 Å². The molecule has 0 unspecified atom stereocenters. The van der Waals surface area contributed by atoms with Crippen molar-refractivity contribution < 1.29 is 9.59 Å². The number of H-pyrrole nitrogens is 1. The molecule has 8 heteroatoms. The zero-order valence-corrected chi connectivity index (χ0v) is 16.0. The minimum atomic E-state index is -0.676. The third-order valence-electron chi connectivity index (χ3n) is 4.59. The average molecular weight is 396 g/mol. The van der Waals surface area contributed by atoms with Gasteiger partial charge in [-0.3, -0.25) is 9.59 Å². The van der Waals surface area contributed by atoms with Crippen LogP contribution in [0.15, 0.2) is 71.8 Å². The van der Waals surface area contributed by atoms with E-state index in [9.17, 15) is 9.59 Å². The summed E-state index contributed by atoms with van der Waals surface area (Å²) in [6, 6.07) is 19.4. The minimum Gasteiger partial charge on any atom is -0.338 e. The smallest absolute Gasteiger partial charge is 0.255 e. The van der Waals surface area contributed by atoms with E-state index in [0.717, 1.165) is 22.4 Å². The molecule has 3 aromatic carbocycles. The summed E-state index contributed by atoms with van der Waals surface area (Å²) in [4.78, 5) is 34.5. The van der Waals surface area contributed by atoms with Crippen LogP contribution in [0.2, 0.25) is 0 Å². The number of fused-ring (bicyclic) bond motifs is 1. The number of carbonyl (C=O) groups is 2. The summed E-state index contributed by atoms with van der Waals surface area (Å²) < 4.78 is 0. The molecule has 0 saturated heterocycles. The van der Waals surface area contributed by atoms with E-state index in [4.69, 9.17) is 5.53 Å². The monoisotopic (exact) mass is 396 g/mol. The number of aryl methyl sites for hydroxylation is 1. The Morgan fingerprint density at radius 3 is 2.40 bits per heavy atom. The maximum atomic E-state index is 12.6. The molecule has 1 heterocycles. The van der Waals surface area contributed by atoms with Gasteiger partial charge in [-0.2, -0.15) is 0 Å². The third-order valence-corrected chi connectivity index (χ3v) is 4.59. The zero-order chi connectivity index (χ0) is 21.1. The molecule has 4 rings (SSSR count). The molecule has 0 saturated carbocycles. The van der Waals surface area contributed by atoms with Crippen molar-refractivity contribution >= 4 is 28.5 Å². The fourth-order valence-electron chi connectivity index (χ4n) is 3.00. The zero-order valence-electron chi connectivity index (χ0n) is 16.0. The molecule has 146 valence electrons. The highest BCUT2D eigenvalue weighted by molar-refractivity contribution is 6.06. The van der Waals surface area contributed by atoms with E-state index in [1.54, 1.807) is 30.3 Å². The first-order valence-corrected chi connectivity index (χ1v) is 9.11. The predicted octanol–water partition coefficient (Wildman–Crippen LogP) is 5.24. The van der Waals surface area contributed by atoms with Gasteiger partial charge in [0.2, 0.25) is 5.91 Å². The van der Waals surface area contributed by atoms with Crippen LogP contribution in [-0.4, -0.2) is 21.8 Å². The van der Waals surface area contributed by atoms with E-state index in [1.807, 2.05) is 31.2 Å². The summed E-state index contributed by atoms with van der Waals surface area (Å²) in [6.45, 7) is 2.03. The Morgan fingerprint density at radius 2 is 1.70 bits per heavy atom. The maximum absolute atomic E-state index is 12.6. The van der Waals surface area contributed by atoms with E-state index in [2.05, 4.69) is 25.3 Å². The third kappa shape index (κ3) is 3.89. The van der Waals surface area contributed by atoms with Crippen LogP contribution in [0.25, 0.3) is 32.9 Å². The number of azide groups is 1. The molecule has 8 nitrogen and oxygen atoms in total. The van der Waals surface area contributed by atoms with Crippen molar-refractivity contribution in [2.75, 3.05) is 5.32 Å². The van der Waals surface area contributed by atoms with Crippen LogP contribution in [0.3, 0.4) is 0 Å². The molecule has 2 amide bonds. The number of aromatic amines is 1. The molecule has 0 aliphatic carbocycles. The summed E-state index contributed by atoms with van der Waals surface area (Å²) >= 11 is 0. The van der Waals surface area contributed by atoms with E-state index in [1.165, 1.54) is 17.7 Å². The number of nitrogens with one attached hydrogen (secondary N) is 2. The quantitative estimate of drug-likeness (QED) is 0.278. The molecule has 30 heavy (non-hydrogen) atoms. The predicted molar refractivity (Wildman–Crippen MR) is 114 cm³/mol. The number of hydrogen-bond acceptors (Lipinski definition) is 3. The first-order chi connectivity index (χ1) is 14.5. The first-order valence-electron chi connectivity index (χ1n) is 9.11. The Bertz CT molecular complexity index is 1300. The second kappa shape index (κ2) is 7.90. The molecule has 0 spiro atoms. The Balaban J connectivity index is 1.54. The summed E-state index contributed by atoms with van der Waals surface area (Å²) in [6.07, 6.45) is 0. The summed E-state index contributed by atoms with van der Waals surface area (Å²) in [7, 11) is 0. The lowest BCUT2D eigenvalue weighted by Crippen LogP contribution is -2.11. The molecule has 2 N–H and O–H groups in total. The van der Waals surface area contributed by atoms with Crippen LogP contribution in [-0.2, 0) is 0 Å². The second-order valence-electron chi connectivity index (χ2n) is 6.71. The van der Waals surface area contributed by atoms with E-state index >= 15 is 0 Å². The fourth-order valence-corrected chi connectivity index (χ4v) is 3.00. The van der Waals surface area contributed by atoms with Gasteiger partial charge in [-0.15, -0.1) is 0 Å². The summed E-state index contributed by atoms with van der Waals surface area (Å²) in [5, 5.41) is 5.81. The molecule has 0 bridgehead atoms. The number of carbonyl (C=O) groups excluding carboxylic acids is 2. The van der Waals surface area contributed by atoms with Crippen LogP contribution in [0, 0.1) is 6.92 Å². The molecule has 0 aliphatic rings. The minimum absolute atomic E-state index is 0.244. The van der Waals surface area contributed by atoms with E-state index in [0.29, 0.717) is 11.3 Å². The van der Waals surface area contributed by atoms with Gasteiger partial charge >= 0.3 is 0 Å². The Morgan fingerprint density at radius 1 is 1.00 bits per heavy atom. The number of nitrogens with zero attached hydrogens (tertiary/aromatic N) is 4. The second-order valence-corrected chi connectivity index (χ2v) is 6.71. The van der Waals surface area contributed by atoms with Crippen LogP contribution in [0.5, 0.6) is 0 Å². The lowest BCUT2D eigenvalue weighted by molar-refractivity contribution is 0.0998. The van der Waals surface area contributed by atoms with Gasteiger partial charge in [0.05, 0.1) is 11.0 Å². The van der Waals surface area contributed by atoms with Crippen molar-refractivity contribution in [3.05, 3.63) is 93.9 Å². The van der Waals surface area contributed by atoms with Gasteiger partial charge in [0.1, 0.15) is 5.82 Å². The van der Waals surface area contributed by atoms with Gasteiger partial charge in [-0.1, -0.05) is 29.8 Å². The normalized spacial score (nSPS) is 10.4. The van der Waals surface area contributed by atoms with Gasteiger partial charge in [0.25, 0.3) is 5.91 Å². The van der Waals surface area contributed by atoms with Crippen molar-refractivity contribution in [2.24, 2.45) is 5.11 Å². The van der Waals surface area contributed by atoms with Crippen molar-refractivity contribution in [3.8, 4) is 11.4 Å². The SMILES string of the molecule is Cc1ccc(-c2nc3ccc(C(=O)Nc4ccc(C(=O)N=[N+]=[N-])cc4)cc3[nH]2)cc1. The number of benzene rings is 3. The fraction of sp³-hybridized carbons (Fsp3) is 0.0455. The van der Waals surface area contributed by atoms with Gasteiger partial charge in [0.15, 0.2) is 0 Å². The topological polar surface area (TPSA) is 124 Å². The Kier molecular flexibility index (Phi) is 4.99. The van der Waals surface area contributed by atoms with Crippen LogP contribution < -0.4 is 5.32 Å². The van der Waals surface area contributed by atoms with Gasteiger partial charge in [0, 0.05) is 27.3 Å². The molecular formula is C22H16N6O2. The number of aromatic nitrogens is 2. The highest BCUT2D eigenvalue weighted by Crippen LogP contribution is 2.22. The van der Waals surface area contributed by atoms with Crippen LogP contribution in [0.4, 0.5) is 5.69 Å². The first kappa shape index (κ1) is 18.9. The van der Waals surface area contributed by atoms with E-state index in [-0.39, 0.29) is 11.5 Å². The molecule has 4 aromatic rings. The van der Waals surface area contributed by atoms with Gasteiger partial charge in [-0.05, 0) is 60.0 Å². The highest BCUT2D eigenvalue weighted by Gasteiger charge is 2.11. The van der Waals surface area contributed by atoms with Gasteiger partial charge in [-0.25, -0.2) is 4.98 Å². The van der Waals surface area contributed by atoms with Crippen molar-refractivity contribution in [2.45, 2.75) is 6.92 Å². The number of rotatable bonds is 4. The average Bonchev–Trinajstić information content (AvgIpc) is 3.18. The number of anilines is 1. The molecule has 1 aromatic heterocycles. The standard InChI is InChI=1S/C22H16N6O2/c1-13-2-4-14(5-3-13)20-25-18-11-8-16(12-19(18)26-20)21(29)24-17-9-6-15(7-10-17)22(30)27-28-23/h2-12H,1H3,(H,24,29)(H,25,26). The largest absolute Gasteiger partial charge is 0.338 e. The van der Waals surface area contributed by atoms with E-state index < -0.39 is 5.91 Å². The molecule has 0 fully saturated rings. The van der Waals surface area contributed by atoms with Gasteiger partial charge < -0.3 is 10.3 Å². The molecule has 0 atom stereocenters. The van der Waals surface area contributed by atoms with Crippen molar-refractivity contribution in [3.63, 3.8) is 0 Å². The lowest BCUT2D eigenvalue weighted by atomic mass is 10.1. The number of hydrogen-bond donors (Lipinski definition) is 2. The summed E-state index contributed by atoms with van der Waals surface area (Å²) in [5.41, 5.74) is 13.2. The summed E-state index contributed by atoms with van der Waals surface area (Å²) in [5.74, 6) is -0.232. The molecule has 0 radical (unpaired) electrons. The van der Waals surface area contributed by atoms with Crippen molar-refractivity contribution in [1.82, 2.24) is 9.97 Å². The van der Waals surface area contributed by atoms with Crippen molar-refractivity contribution in [1.29, 1.82) is 0 Å². The lowest BCUT2D eigenvalue weighted by Gasteiger charge is -2.06. The highest BCUT2D eigenvalue weighted by atomic mass is 16.2. The maximum Gasteiger partial charge on any atom is 0.255 e. The van der Waals surface area contributed by atoms with Crippen LogP contribution >= 0.6 is 0 Å². The molecular weight excluding hydrogens is 380 g/mol. The Hall–Kier alpha value is -4.42. The Labute approximate surface area is 171 Å². The number of amides is 2. The number of imidazole rings is 1. The molecule has 0 aliphatic heterocycles.